The Morgan fingerprint density at radius 1 is 1.80 bits per heavy atom. The van der Waals surface area contributed by atoms with Crippen molar-refractivity contribution in [2.75, 3.05) is 12.3 Å². The van der Waals surface area contributed by atoms with Gasteiger partial charge in [-0.15, -0.1) is 0 Å². The van der Waals surface area contributed by atoms with Crippen LogP contribution in [0.15, 0.2) is 12.3 Å². The number of nitro groups is 1. The molecule has 15 heavy (non-hydrogen) atoms. The Morgan fingerprint density at radius 2 is 2.47 bits per heavy atom. The second-order valence-corrected chi connectivity index (χ2v) is 2.84. The molecule has 1 heterocycles. The fourth-order valence-corrected chi connectivity index (χ4v) is 1.01. The van der Waals surface area contributed by atoms with Gasteiger partial charge in [-0.3, -0.25) is 10.1 Å². The van der Waals surface area contributed by atoms with Gasteiger partial charge in [0.1, 0.15) is 18.0 Å². The Bertz CT molecular complexity index is 426. The molecule has 0 aliphatic carbocycles. The number of hydrogen-bond acceptors (Lipinski definition) is 6. The maximum atomic E-state index is 10.1. The average molecular weight is 208 g/mol. The van der Waals surface area contributed by atoms with Gasteiger partial charge in [0.05, 0.1) is 5.56 Å². The molecule has 0 amide bonds. The third-order valence-electron chi connectivity index (χ3n) is 1.77. The Balaban J connectivity index is 2.96. The van der Waals surface area contributed by atoms with Crippen molar-refractivity contribution in [3.63, 3.8) is 0 Å². The van der Waals surface area contributed by atoms with Crippen molar-refractivity contribution >= 4 is 5.82 Å². The van der Waals surface area contributed by atoms with Crippen molar-refractivity contribution in [2.24, 2.45) is 0 Å². The molecule has 78 valence electrons. The van der Waals surface area contributed by atoms with Crippen LogP contribution in [0.2, 0.25) is 0 Å². The molecule has 0 aromatic carbocycles. The van der Waals surface area contributed by atoms with E-state index in [0.29, 0.717) is 0 Å². The van der Waals surface area contributed by atoms with Crippen LogP contribution in [0, 0.1) is 21.4 Å². The third-order valence-corrected chi connectivity index (χ3v) is 1.77. The van der Waals surface area contributed by atoms with Crippen LogP contribution in [0.25, 0.3) is 0 Å². The summed E-state index contributed by atoms with van der Waals surface area (Å²) in [6.45, 7) is -0.629. The van der Waals surface area contributed by atoms with Gasteiger partial charge in [-0.25, -0.2) is 4.98 Å². The van der Waals surface area contributed by atoms with Crippen LogP contribution < -0.4 is 5.73 Å². The van der Waals surface area contributed by atoms with E-state index < -0.39 is 17.6 Å². The summed E-state index contributed by atoms with van der Waals surface area (Å²) in [4.78, 5) is 13.1. The molecule has 0 radical (unpaired) electrons. The van der Waals surface area contributed by atoms with E-state index in [9.17, 15) is 15.2 Å². The third kappa shape index (κ3) is 2.62. The van der Waals surface area contributed by atoms with Gasteiger partial charge >= 0.3 is 0 Å². The fourth-order valence-electron chi connectivity index (χ4n) is 1.01. The number of anilines is 1. The Hall–Kier alpha value is -2.20. The Labute approximate surface area is 84.9 Å². The van der Waals surface area contributed by atoms with Gasteiger partial charge in [-0.2, -0.15) is 5.26 Å². The van der Waals surface area contributed by atoms with E-state index >= 15 is 0 Å². The summed E-state index contributed by atoms with van der Waals surface area (Å²) >= 11 is 0. The number of rotatable bonds is 3. The number of aliphatic hydroxyl groups is 1. The lowest BCUT2D eigenvalue weighted by Crippen LogP contribution is -2.12. The zero-order chi connectivity index (χ0) is 11.4. The van der Waals surface area contributed by atoms with E-state index in [-0.39, 0.29) is 16.9 Å². The first kappa shape index (κ1) is 10.9. The van der Waals surface area contributed by atoms with Crippen molar-refractivity contribution in [3.8, 4) is 6.07 Å². The molecule has 3 N–H and O–H groups in total. The molecule has 0 bridgehead atoms. The number of pyridine rings is 1. The number of aromatic nitrogens is 1. The van der Waals surface area contributed by atoms with Crippen molar-refractivity contribution in [1.82, 2.24) is 4.98 Å². The summed E-state index contributed by atoms with van der Waals surface area (Å²) in [5.74, 6) is 0.0366. The van der Waals surface area contributed by atoms with Gasteiger partial charge in [0.15, 0.2) is 0 Å². The maximum absolute atomic E-state index is 10.1. The molecule has 1 aromatic heterocycles. The first-order valence-corrected chi connectivity index (χ1v) is 4.00. The summed E-state index contributed by atoms with van der Waals surface area (Å²) in [5, 5.41) is 28.1. The molecule has 1 atom stereocenters. The van der Waals surface area contributed by atoms with Gasteiger partial charge < -0.3 is 10.8 Å². The molecule has 7 nitrogen and oxygen atoms in total. The van der Waals surface area contributed by atoms with Crippen molar-refractivity contribution in [1.29, 1.82) is 5.26 Å². The highest BCUT2D eigenvalue weighted by atomic mass is 16.6. The van der Waals surface area contributed by atoms with Crippen LogP contribution in [0.4, 0.5) is 5.82 Å². The van der Waals surface area contributed by atoms with Crippen LogP contribution in [-0.4, -0.2) is 21.6 Å². The predicted octanol–water partition coefficient (Wildman–Crippen LogP) is -0.154. The normalized spacial score (nSPS) is 11.7. The number of nitrogens with zero attached hydrogens (tertiary/aromatic N) is 3. The summed E-state index contributed by atoms with van der Waals surface area (Å²) in [6.07, 6.45) is -0.0650. The minimum absolute atomic E-state index is 0.0366. The molecule has 0 saturated heterocycles. The van der Waals surface area contributed by atoms with Crippen molar-refractivity contribution < 1.29 is 10.0 Å². The summed E-state index contributed by atoms with van der Waals surface area (Å²) in [7, 11) is 0. The second-order valence-electron chi connectivity index (χ2n) is 2.84. The summed E-state index contributed by atoms with van der Waals surface area (Å²) in [5.41, 5.74) is 5.65. The molecule has 0 aliphatic rings. The lowest BCUT2D eigenvalue weighted by Gasteiger charge is -2.06. The molecule has 0 aliphatic heterocycles. The molecule has 0 spiro atoms. The first-order chi connectivity index (χ1) is 7.04. The zero-order valence-electron chi connectivity index (χ0n) is 7.62. The highest BCUT2D eigenvalue weighted by Crippen LogP contribution is 2.16. The molecule has 1 aromatic rings. The van der Waals surface area contributed by atoms with Gasteiger partial charge in [0, 0.05) is 16.7 Å². The highest BCUT2D eigenvalue weighted by Gasteiger charge is 2.15. The van der Waals surface area contributed by atoms with E-state index in [4.69, 9.17) is 11.0 Å². The Morgan fingerprint density at radius 3 is 3.00 bits per heavy atom. The number of nitrogens with two attached hydrogens (primary N) is 1. The molecule has 1 unspecified atom stereocenters. The smallest absolute Gasteiger partial charge is 0.233 e. The van der Waals surface area contributed by atoms with Crippen LogP contribution >= 0.6 is 0 Å². The number of hydrogen-bond donors (Lipinski definition) is 2. The predicted molar refractivity (Wildman–Crippen MR) is 50.2 cm³/mol. The molecule has 1 rings (SSSR count). The van der Waals surface area contributed by atoms with E-state index in [0.717, 1.165) is 0 Å². The standard InChI is InChI=1S/C8H8N4O3/c9-2-5-1-6(3-11-8(5)10)7(13)4-12(14)15/h1,3,7,13H,4H2,(H2,10,11). The van der Waals surface area contributed by atoms with E-state index in [2.05, 4.69) is 4.98 Å². The van der Waals surface area contributed by atoms with E-state index in [1.807, 2.05) is 0 Å². The van der Waals surface area contributed by atoms with Crippen molar-refractivity contribution in [2.45, 2.75) is 6.10 Å². The topological polar surface area (TPSA) is 126 Å². The van der Waals surface area contributed by atoms with Crippen molar-refractivity contribution in [3.05, 3.63) is 33.5 Å². The molecule has 0 fully saturated rings. The SMILES string of the molecule is N#Cc1cc(C(O)C[N+](=O)[O-])cnc1N. The Kier molecular flexibility index (Phi) is 3.15. The van der Waals surface area contributed by atoms with Gasteiger partial charge in [0.2, 0.25) is 6.54 Å². The zero-order valence-corrected chi connectivity index (χ0v) is 7.62. The first-order valence-electron chi connectivity index (χ1n) is 4.00. The highest BCUT2D eigenvalue weighted by molar-refractivity contribution is 5.49. The molecular weight excluding hydrogens is 200 g/mol. The quantitative estimate of drug-likeness (QED) is 0.525. The van der Waals surface area contributed by atoms with E-state index in [1.54, 1.807) is 6.07 Å². The minimum atomic E-state index is -1.28. The summed E-state index contributed by atoms with van der Waals surface area (Å²) in [6, 6.07) is 3.06. The largest absolute Gasteiger partial charge is 0.383 e. The van der Waals surface area contributed by atoms with E-state index in [1.165, 1.54) is 12.3 Å². The second kappa shape index (κ2) is 4.34. The molecule has 0 saturated carbocycles. The van der Waals surface area contributed by atoms with Gasteiger partial charge in [-0.1, -0.05) is 0 Å². The summed E-state index contributed by atoms with van der Waals surface area (Å²) < 4.78 is 0. The fraction of sp³-hybridized carbons (Fsp3) is 0.250. The minimum Gasteiger partial charge on any atom is -0.383 e. The van der Waals surface area contributed by atoms with Crippen LogP contribution in [0.5, 0.6) is 0 Å². The number of nitriles is 1. The molecule has 7 heteroatoms. The number of aliphatic hydroxyl groups excluding tert-OH is 1. The number of nitrogen functional groups attached to an aromatic ring is 1. The lowest BCUT2D eigenvalue weighted by molar-refractivity contribution is -0.491. The van der Waals surface area contributed by atoms with Crippen LogP contribution in [0.1, 0.15) is 17.2 Å². The lowest BCUT2D eigenvalue weighted by atomic mass is 10.1. The van der Waals surface area contributed by atoms with Gasteiger partial charge in [0.25, 0.3) is 0 Å². The van der Waals surface area contributed by atoms with Gasteiger partial charge in [-0.05, 0) is 6.07 Å². The molecular formula is C8H8N4O3. The average Bonchev–Trinajstić information content (AvgIpc) is 2.17. The monoisotopic (exact) mass is 208 g/mol. The maximum Gasteiger partial charge on any atom is 0.233 e. The van der Waals surface area contributed by atoms with Crippen LogP contribution in [-0.2, 0) is 0 Å². The van der Waals surface area contributed by atoms with Crippen LogP contribution in [0.3, 0.4) is 0 Å².